The third-order valence-corrected chi connectivity index (χ3v) is 3.71. The van der Waals surface area contributed by atoms with Crippen molar-refractivity contribution in [1.29, 1.82) is 0 Å². The van der Waals surface area contributed by atoms with Gasteiger partial charge in [-0.25, -0.2) is 0 Å². The van der Waals surface area contributed by atoms with Crippen LogP contribution in [0.2, 0.25) is 5.02 Å². The number of halogens is 1. The predicted molar refractivity (Wildman–Crippen MR) is 76.7 cm³/mol. The summed E-state index contributed by atoms with van der Waals surface area (Å²) in [6.45, 7) is 9.47. The van der Waals surface area contributed by atoms with Crippen molar-refractivity contribution in [1.82, 2.24) is 0 Å². The van der Waals surface area contributed by atoms with Gasteiger partial charge in [0.1, 0.15) is 0 Å². The van der Waals surface area contributed by atoms with Crippen molar-refractivity contribution in [3.05, 3.63) is 28.8 Å². The Morgan fingerprint density at radius 3 is 2.41 bits per heavy atom. The molecule has 1 rings (SSSR count). The second-order valence-corrected chi connectivity index (χ2v) is 6.07. The van der Waals surface area contributed by atoms with Crippen LogP contribution in [-0.2, 0) is 6.54 Å². The first kappa shape index (κ1) is 14.3. The molecule has 2 N–H and O–H groups in total. The lowest BCUT2D eigenvalue weighted by Gasteiger charge is -2.37. The summed E-state index contributed by atoms with van der Waals surface area (Å²) in [6, 6.07) is 6.34. The van der Waals surface area contributed by atoms with Crippen molar-refractivity contribution < 1.29 is 0 Å². The molecule has 96 valence electrons. The zero-order chi connectivity index (χ0) is 13.2. The molecule has 2 nitrogen and oxygen atoms in total. The van der Waals surface area contributed by atoms with E-state index in [9.17, 15) is 0 Å². The molecule has 0 fully saturated rings. The summed E-state index contributed by atoms with van der Waals surface area (Å²) >= 11 is 6.00. The maximum absolute atomic E-state index is 6.00. The van der Waals surface area contributed by atoms with Crippen molar-refractivity contribution in [2.45, 2.75) is 40.3 Å². The first-order chi connectivity index (χ1) is 7.77. The number of rotatable bonds is 3. The van der Waals surface area contributed by atoms with Crippen LogP contribution in [0.3, 0.4) is 0 Å². The predicted octanol–water partition coefficient (Wildman–Crippen LogP) is 3.67. The lowest BCUT2D eigenvalue weighted by atomic mass is 9.86. The van der Waals surface area contributed by atoms with Crippen LogP contribution in [0.25, 0.3) is 0 Å². The van der Waals surface area contributed by atoms with Gasteiger partial charge in [0, 0.05) is 30.3 Å². The summed E-state index contributed by atoms with van der Waals surface area (Å²) in [5.74, 6) is 0. The van der Waals surface area contributed by atoms with Crippen molar-refractivity contribution in [3.8, 4) is 0 Å². The molecule has 3 heteroatoms. The van der Waals surface area contributed by atoms with Crippen LogP contribution in [-0.4, -0.2) is 13.1 Å². The monoisotopic (exact) mass is 254 g/mol. The van der Waals surface area contributed by atoms with E-state index in [1.165, 1.54) is 5.69 Å². The molecule has 0 spiro atoms. The van der Waals surface area contributed by atoms with Crippen molar-refractivity contribution >= 4 is 17.3 Å². The number of benzene rings is 1. The molecule has 0 bridgehead atoms. The van der Waals surface area contributed by atoms with Crippen LogP contribution in [0.5, 0.6) is 0 Å². The number of nitrogens with two attached hydrogens (primary N) is 1. The van der Waals surface area contributed by atoms with Crippen LogP contribution >= 0.6 is 11.6 Å². The van der Waals surface area contributed by atoms with E-state index in [4.69, 9.17) is 17.3 Å². The lowest BCUT2D eigenvalue weighted by molar-refractivity contribution is 0.329. The second-order valence-electron chi connectivity index (χ2n) is 5.63. The van der Waals surface area contributed by atoms with E-state index >= 15 is 0 Å². The van der Waals surface area contributed by atoms with Crippen molar-refractivity contribution in [2.24, 2.45) is 11.1 Å². The second kappa shape index (κ2) is 5.28. The number of anilines is 1. The molecule has 1 aromatic rings. The molecule has 0 aliphatic heterocycles. The van der Waals surface area contributed by atoms with Gasteiger partial charge in [0.15, 0.2) is 0 Å². The largest absolute Gasteiger partial charge is 0.371 e. The van der Waals surface area contributed by atoms with Gasteiger partial charge in [-0.05, 0) is 36.1 Å². The van der Waals surface area contributed by atoms with Crippen molar-refractivity contribution in [3.63, 3.8) is 0 Å². The first-order valence-electron chi connectivity index (χ1n) is 5.98. The Morgan fingerprint density at radius 1 is 1.35 bits per heavy atom. The molecule has 0 heterocycles. The van der Waals surface area contributed by atoms with E-state index in [-0.39, 0.29) is 5.41 Å². The summed E-state index contributed by atoms with van der Waals surface area (Å²) in [4.78, 5) is 2.28. The quantitative estimate of drug-likeness (QED) is 0.892. The Bertz CT molecular complexity index is 382. The van der Waals surface area contributed by atoms with Gasteiger partial charge in [-0.1, -0.05) is 32.4 Å². The van der Waals surface area contributed by atoms with Crippen LogP contribution in [0.15, 0.2) is 18.2 Å². The Hall–Kier alpha value is -0.730. The summed E-state index contributed by atoms with van der Waals surface area (Å²) in [5, 5.41) is 0.742. The summed E-state index contributed by atoms with van der Waals surface area (Å²) in [5.41, 5.74) is 8.26. The highest BCUT2D eigenvalue weighted by molar-refractivity contribution is 6.30. The van der Waals surface area contributed by atoms with E-state index in [1.807, 2.05) is 18.2 Å². The maximum atomic E-state index is 6.00. The van der Waals surface area contributed by atoms with Crippen molar-refractivity contribution in [2.75, 3.05) is 11.9 Å². The molecule has 1 aromatic carbocycles. The fourth-order valence-corrected chi connectivity index (χ4v) is 2.05. The molecule has 0 aliphatic rings. The van der Waals surface area contributed by atoms with E-state index in [1.54, 1.807) is 0 Å². The van der Waals surface area contributed by atoms with Gasteiger partial charge >= 0.3 is 0 Å². The maximum Gasteiger partial charge on any atom is 0.0412 e. The molecule has 1 unspecified atom stereocenters. The standard InChI is InChI=1S/C14H23ClN2/c1-10(14(2,3)4)17(5)13-7-6-12(15)8-11(13)9-16/h6-8,10H,9,16H2,1-5H3. The number of hydrogen-bond acceptors (Lipinski definition) is 2. The minimum atomic E-state index is 0.222. The highest BCUT2D eigenvalue weighted by Gasteiger charge is 2.25. The van der Waals surface area contributed by atoms with Gasteiger partial charge in [0.05, 0.1) is 0 Å². The van der Waals surface area contributed by atoms with Gasteiger partial charge in [0.2, 0.25) is 0 Å². The third-order valence-electron chi connectivity index (χ3n) is 3.48. The molecule has 0 amide bonds. The Balaban J connectivity index is 3.08. The molecule has 0 aromatic heterocycles. The number of nitrogens with zero attached hydrogens (tertiary/aromatic N) is 1. The smallest absolute Gasteiger partial charge is 0.0412 e. The van der Waals surface area contributed by atoms with Gasteiger partial charge in [-0.2, -0.15) is 0 Å². The van der Waals surface area contributed by atoms with E-state index < -0.39 is 0 Å². The van der Waals surface area contributed by atoms with Gasteiger partial charge in [-0.15, -0.1) is 0 Å². The molecular formula is C14H23ClN2. The van der Waals surface area contributed by atoms with Gasteiger partial charge in [0.25, 0.3) is 0 Å². The Kier molecular flexibility index (Phi) is 4.45. The summed E-state index contributed by atoms with van der Waals surface area (Å²) in [7, 11) is 2.11. The van der Waals surface area contributed by atoms with Gasteiger partial charge < -0.3 is 10.6 Å². The first-order valence-corrected chi connectivity index (χ1v) is 6.36. The van der Waals surface area contributed by atoms with Gasteiger partial charge in [-0.3, -0.25) is 0 Å². The molecule has 17 heavy (non-hydrogen) atoms. The highest BCUT2D eigenvalue weighted by Crippen LogP contribution is 2.30. The Labute approximate surface area is 110 Å². The SMILES string of the molecule is CC(N(C)c1ccc(Cl)cc1CN)C(C)(C)C. The average Bonchev–Trinajstić information content (AvgIpc) is 2.25. The topological polar surface area (TPSA) is 29.3 Å². The molecular weight excluding hydrogens is 232 g/mol. The van der Waals surface area contributed by atoms with Crippen LogP contribution in [0.1, 0.15) is 33.3 Å². The third kappa shape index (κ3) is 3.36. The van der Waals surface area contributed by atoms with E-state index in [2.05, 4.69) is 39.6 Å². The molecule has 0 saturated carbocycles. The fraction of sp³-hybridized carbons (Fsp3) is 0.571. The van der Waals surface area contributed by atoms with Crippen LogP contribution in [0.4, 0.5) is 5.69 Å². The zero-order valence-electron chi connectivity index (χ0n) is 11.4. The zero-order valence-corrected chi connectivity index (χ0v) is 12.2. The fourth-order valence-electron chi connectivity index (χ4n) is 1.85. The summed E-state index contributed by atoms with van der Waals surface area (Å²) in [6.07, 6.45) is 0. The Morgan fingerprint density at radius 2 is 1.94 bits per heavy atom. The normalized spacial score (nSPS) is 13.6. The molecule has 0 radical (unpaired) electrons. The molecule has 1 atom stereocenters. The molecule has 0 aliphatic carbocycles. The highest BCUT2D eigenvalue weighted by atomic mass is 35.5. The van der Waals surface area contributed by atoms with Crippen LogP contribution in [0, 0.1) is 5.41 Å². The summed E-state index contributed by atoms with van der Waals surface area (Å²) < 4.78 is 0. The number of hydrogen-bond donors (Lipinski definition) is 1. The minimum Gasteiger partial charge on any atom is -0.371 e. The van der Waals surface area contributed by atoms with Crippen LogP contribution < -0.4 is 10.6 Å². The molecule has 0 saturated heterocycles. The van der Waals surface area contributed by atoms with E-state index in [0.717, 1.165) is 10.6 Å². The average molecular weight is 255 g/mol. The minimum absolute atomic E-state index is 0.222. The lowest BCUT2D eigenvalue weighted by Crippen LogP contribution is -2.39. The van der Waals surface area contributed by atoms with E-state index in [0.29, 0.717) is 12.6 Å².